The number of hydrogen-bond acceptors (Lipinski definition) is 3. The molecular formula is C20H26ClN3O2. The number of hydrogen-bond donors (Lipinski definition) is 1. The average Bonchev–Trinajstić information content (AvgIpc) is 2.62. The first-order valence-electron chi connectivity index (χ1n) is 8.74. The van der Waals surface area contributed by atoms with E-state index in [0.29, 0.717) is 29.6 Å². The quantitative estimate of drug-likeness (QED) is 0.808. The van der Waals surface area contributed by atoms with E-state index in [0.717, 1.165) is 12.0 Å². The lowest BCUT2D eigenvalue weighted by Crippen LogP contribution is -2.35. The fraction of sp³-hybridized carbons (Fsp3) is 0.400. The summed E-state index contributed by atoms with van der Waals surface area (Å²) in [5.74, 6) is 0.241. The van der Waals surface area contributed by atoms with Crippen LogP contribution in [-0.4, -0.2) is 35.0 Å². The second-order valence-electron chi connectivity index (χ2n) is 6.90. The summed E-state index contributed by atoms with van der Waals surface area (Å²) in [5, 5.41) is 0.593. The third kappa shape index (κ3) is 5.19. The van der Waals surface area contributed by atoms with Gasteiger partial charge in [0, 0.05) is 36.9 Å². The summed E-state index contributed by atoms with van der Waals surface area (Å²) in [6, 6.07) is 10.4. The number of pyridine rings is 1. The Labute approximate surface area is 159 Å². The van der Waals surface area contributed by atoms with Crippen molar-refractivity contribution in [1.29, 1.82) is 0 Å². The van der Waals surface area contributed by atoms with Gasteiger partial charge < -0.3 is 15.2 Å². The van der Waals surface area contributed by atoms with Gasteiger partial charge in [-0.1, -0.05) is 43.6 Å². The zero-order chi connectivity index (χ0) is 19.3. The Hall–Kier alpha value is -2.11. The summed E-state index contributed by atoms with van der Waals surface area (Å²) in [7, 11) is 1.75. The van der Waals surface area contributed by atoms with Crippen molar-refractivity contribution in [3.63, 3.8) is 0 Å². The molecule has 2 aromatic rings. The molecule has 0 aliphatic heterocycles. The van der Waals surface area contributed by atoms with Crippen LogP contribution in [0.15, 0.2) is 47.4 Å². The topological polar surface area (TPSA) is 68.3 Å². The lowest BCUT2D eigenvalue weighted by molar-refractivity contribution is 0.0788. The number of amides is 1. The smallest absolute Gasteiger partial charge is 0.255 e. The normalized spacial score (nSPS) is 12.2. The first-order chi connectivity index (χ1) is 12.3. The number of rotatable bonds is 7. The van der Waals surface area contributed by atoms with Crippen LogP contribution in [0.3, 0.4) is 0 Å². The van der Waals surface area contributed by atoms with Crippen molar-refractivity contribution >= 4 is 17.5 Å². The van der Waals surface area contributed by atoms with Gasteiger partial charge in [0.2, 0.25) is 0 Å². The predicted octanol–water partition coefficient (Wildman–Crippen LogP) is 3.00. The Morgan fingerprint density at radius 3 is 2.58 bits per heavy atom. The summed E-state index contributed by atoms with van der Waals surface area (Å²) >= 11 is 6.17. The molecule has 0 saturated carbocycles. The molecule has 2 N–H and O–H groups in total. The van der Waals surface area contributed by atoms with E-state index in [4.69, 9.17) is 17.3 Å². The average molecular weight is 376 g/mol. The van der Waals surface area contributed by atoms with Gasteiger partial charge >= 0.3 is 0 Å². The zero-order valence-electron chi connectivity index (χ0n) is 15.5. The van der Waals surface area contributed by atoms with Crippen molar-refractivity contribution in [2.45, 2.75) is 32.9 Å². The molecule has 1 unspecified atom stereocenters. The highest BCUT2D eigenvalue weighted by atomic mass is 35.5. The van der Waals surface area contributed by atoms with Crippen LogP contribution in [-0.2, 0) is 6.54 Å². The molecule has 0 spiro atoms. The molecule has 0 radical (unpaired) electrons. The van der Waals surface area contributed by atoms with Crippen molar-refractivity contribution in [2.75, 3.05) is 13.6 Å². The lowest BCUT2D eigenvalue weighted by Gasteiger charge is -2.22. The monoisotopic (exact) mass is 375 g/mol. The van der Waals surface area contributed by atoms with E-state index in [2.05, 4.69) is 13.8 Å². The summed E-state index contributed by atoms with van der Waals surface area (Å²) < 4.78 is 1.50. The van der Waals surface area contributed by atoms with Gasteiger partial charge in [0.1, 0.15) is 0 Å². The van der Waals surface area contributed by atoms with Gasteiger partial charge in [-0.15, -0.1) is 0 Å². The van der Waals surface area contributed by atoms with Gasteiger partial charge in [0.15, 0.2) is 0 Å². The zero-order valence-corrected chi connectivity index (χ0v) is 16.2. The lowest BCUT2D eigenvalue weighted by atomic mass is 10.0. The van der Waals surface area contributed by atoms with Crippen LogP contribution in [0.25, 0.3) is 0 Å². The molecule has 1 amide bonds. The standard InChI is InChI=1S/C20H26ClN3O2/c1-14(2)18(22)10-11-23(3)20(26)16-8-9-19(25)24(13-16)12-15-6-4-5-7-17(15)21/h4-9,13-14,18H,10-12,22H2,1-3H3. The van der Waals surface area contributed by atoms with Crippen molar-refractivity contribution < 1.29 is 4.79 Å². The van der Waals surface area contributed by atoms with Crippen LogP contribution in [0, 0.1) is 5.92 Å². The minimum absolute atomic E-state index is 0.0550. The Morgan fingerprint density at radius 2 is 1.92 bits per heavy atom. The number of carbonyl (C=O) groups excluding carboxylic acids is 1. The van der Waals surface area contributed by atoms with Gasteiger partial charge in [0.25, 0.3) is 11.5 Å². The minimum Gasteiger partial charge on any atom is -0.342 e. The molecule has 0 aliphatic rings. The van der Waals surface area contributed by atoms with E-state index in [9.17, 15) is 9.59 Å². The van der Waals surface area contributed by atoms with Crippen molar-refractivity contribution in [3.8, 4) is 0 Å². The maximum Gasteiger partial charge on any atom is 0.255 e. The predicted molar refractivity (Wildman–Crippen MR) is 106 cm³/mol. The van der Waals surface area contributed by atoms with Gasteiger partial charge in [-0.2, -0.15) is 0 Å². The number of halogens is 1. The number of nitrogens with zero attached hydrogens (tertiary/aromatic N) is 2. The fourth-order valence-electron chi connectivity index (χ4n) is 2.59. The molecule has 5 nitrogen and oxygen atoms in total. The van der Waals surface area contributed by atoms with E-state index in [1.54, 1.807) is 30.3 Å². The first-order valence-corrected chi connectivity index (χ1v) is 9.12. The van der Waals surface area contributed by atoms with Crippen LogP contribution in [0.4, 0.5) is 0 Å². The summed E-state index contributed by atoms with van der Waals surface area (Å²) in [6.07, 6.45) is 2.33. The van der Waals surface area contributed by atoms with E-state index in [1.165, 1.54) is 10.6 Å². The van der Waals surface area contributed by atoms with Crippen LogP contribution in [0.1, 0.15) is 36.2 Å². The number of carbonyl (C=O) groups is 1. The van der Waals surface area contributed by atoms with E-state index >= 15 is 0 Å². The molecule has 1 aromatic carbocycles. The molecule has 140 valence electrons. The van der Waals surface area contributed by atoms with E-state index < -0.39 is 0 Å². The van der Waals surface area contributed by atoms with Crippen molar-refractivity contribution in [3.05, 3.63) is 69.1 Å². The Bertz CT molecular complexity index is 817. The number of benzene rings is 1. The molecule has 26 heavy (non-hydrogen) atoms. The third-order valence-corrected chi connectivity index (χ3v) is 4.90. The number of aromatic nitrogens is 1. The Balaban J connectivity index is 2.14. The largest absolute Gasteiger partial charge is 0.342 e. The molecule has 0 fully saturated rings. The summed E-state index contributed by atoms with van der Waals surface area (Å²) in [5.41, 5.74) is 7.18. The maximum atomic E-state index is 12.7. The van der Waals surface area contributed by atoms with Gasteiger partial charge in [-0.3, -0.25) is 9.59 Å². The molecular weight excluding hydrogens is 350 g/mol. The maximum absolute atomic E-state index is 12.7. The minimum atomic E-state index is -0.175. The Kier molecular flexibility index (Phi) is 7.00. The first kappa shape index (κ1) is 20.2. The SMILES string of the molecule is CC(C)C(N)CCN(C)C(=O)c1ccc(=O)n(Cc2ccccc2Cl)c1. The third-order valence-electron chi connectivity index (χ3n) is 4.53. The second kappa shape index (κ2) is 9.01. The van der Waals surface area contributed by atoms with Crippen molar-refractivity contribution in [2.24, 2.45) is 11.7 Å². The molecule has 1 aromatic heterocycles. The van der Waals surface area contributed by atoms with Crippen LogP contribution < -0.4 is 11.3 Å². The molecule has 0 aliphatic carbocycles. The molecule has 0 bridgehead atoms. The molecule has 6 heteroatoms. The van der Waals surface area contributed by atoms with Crippen LogP contribution in [0.2, 0.25) is 5.02 Å². The molecule has 1 heterocycles. The van der Waals surface area contributed by atoms with Crippen molar-refractivity contribution in [1.82, 2.24) is 9.47 Å². The highest BCUT2D eigenvalue weighted by Gasteiger charge is 2.15. The number of nitrogens with two attached hydrogens (primary N) is 1. The van der Waals surface area contributed by atoms with E-state index in [1.807, 2.05) is 18.2 Å². The van der Waals surface area contributed by atoms with Gasteiger partial charge in [-0.25, -0.2) is 0 Å². The highest BCUT2D eigenvalue weighted by Crippen LogP contribution is 2.16. The van der Waals surface area contributed by atoms with Gasteiger partial charge in [-0.05, 0) is 30.0 Å². The van der Waals surface area contributed by atoms with Gasteiger partial charge in [0.05, 0.1) is 12.1 Å². The van der Waals surface area contributed by atoms with Crippen LogP contribution in [0.5, 0.6) is 0 Å². The molecule has 1 atom stereocenters. The summed E-state index contributed by atoms with van der Waals surface area (Å²) in [6.45, 7) is 5.03. The molecule has 2 rings (SSSR count). The highest BCUT2D eigenvalue weighted by molar-refractivity contribution is 6.31. The second-order valence-corrected chi connectivity index (χ2v) is 7.31. The molecule has 0 saturated heterocycles. The fourth-order valence-corrected chi connectivity index (χ4v) is 2.79. The summed E-state index contributed by atoms with van der Waals surface area (Å²) in [4.78, 5) is 26.4. The van der Waals surface area contributed by atoms with E-state index in [-0.39, 0.29) is 17.5 Å². The van der Waals surface area contributed by atoms with Crippen LogP contribution >= 0.6 is 11.6 Å². The Morgan fingerprint density at radius 1 is 1.23 bits per heavy atom.